The lowest BCUT2D eigenvalue weighted by Crippen LogP contribution is -2.34. The lowest BCUT2D eigenvalue weighted by Gasteiger charge is -2.45. The second kappa shape index (κ2) is 9.30. The van der Waals surface area contributed by atoms with Crippen LogP contribution in [0.2, 0.25) is 0 Å². The fourth-order valence-corrected chi connectivity index (χ4v) is 5.91. The molecule has 1 fully saturated rings. The van der Waals surface area contributed by atoms with E-state index in [9.17, 15) is 0 Å². The van der Waals surface area contributed by atoms with Gasteiger partial charge in [-0.25, -0.2) is 4.39 Å². The highest BCUT2D eigenvalue weighted by Crippen LogP contribution is 2.53. The van der Waals surface area contributed by atoms with Gasteiger partial charge >= 0.3 is 0 Å². The van der Waals surface area contributed by atoms with Crippen molar-refractivity contribution in [3.05, 3.63) is 41.2 Å². The standard InChI is InChI=1S/C25H38FN.ClH/c1-6-7-9-20-14-18(12-13-27-20)23-21(10-8-11-22(23)26)19-15-24(2,3)17-25(4,5)16-19;/h8,10-12,19-20,27H,6-7,9,13-17H2,1-5H3;1H. The maximum Gasteiger partial charge on any atom is 0.130 e. The fraction of sp³-hybridized carbons (Fsp3) is 0.680. The van der Waals surface area contributed by atoms with Crippen LogP contribution in [0.4, 0.5) is 4.39 Å². The van der Waals surface area contributed by atoms with Crippen molar-refractivity contribution in [1.29, 1.82) is 0 Å². The Balaban J connectivity index is 0.00000280. The summed E-state index contributed by atoms with van der Waals surface area (Å²) in [5, 5.41) is 3.60. The highest BCUT2D eigenvalue weighted by atomic mass is 35.5. The van der Waals surface area contributed by atoms with Gasteiger partial charge in [-0.2, -0.15) is 0 Å². The Morgan fingerprint density at radius 2 is 1.79 bits per heavy atom. The van der Waals surface area contributed by atoms with Crippen LogP contribution in [-0.2, 0) is 0 Å². The van der Waals surface area contributed by atoms with Crippen LogP contribution < -0.4 is 5.32 Å². The third-order valence-electron chi connectivity index (χ3n) is 6.49. The molecule has 1 nitrogen and oxygen atoms in total. The monoisotopic (exact) mass is 407 g/mol. The van der Waals surface area contributed by atoms with Crippen LogP contribution in [-0.4, -0.2) is 12.6 Å². The minimum atomic E-state index is -0.0314. The summed E-state index contributed by atoms with van der Waals surface area (Å²) in [5.41, 5.74) is 4.01. The topological polar surface area (TPSA) is 12.0 Å². The molecule has 1 aliphatic carbocycles. The third-order valence-corrected chi connectivity index (χ3v) is 6.49. The van der Waals surface area contributed by atoms with Gasteiger partial charge in [0, 0.05) is 18.2 Å². The number of hydrogen-bond acceptors (Lipinski definition) is 1. The summed E-state index contributed by atoms with van der Waals surface area (Å²) in [6, 6.07) is 6.25. The minimum Gasteiger partial charge on any atom is -0.310 e. The molecule has 0 aromatic heterocycles. The van der Waals surface area contributed by atoms with E-state index in [0.29, 0.717) is 22.8 Å². The fourth-order valence-electron chi connectivity index (χ4n) is 5.91. The molecular weight excluding hydrogens is 369 g/mol. The molecule has 1 aliphatic heterocycles. The average Bonchev–Trinajstić information content (AvgIpc) is 2.57. The lowest BCUT2D eigenvalue weighted by atomic mass is 9.59. The van der Waals surface area contributed by atoms with Gasteiger partial charge in [0.25, 0.3) is 0 Å². The molecular formula is C25H39ClFN. The predicted octanol–water partition coefficient (Wildman–Crippen LogP) is 7.50. The van der Waals surface area contributed by atoms with Crippen LogP contribution >= 0.6 is 12.4 Å². The van der Waals surface area contributed by atoms with Gasteiger partial charge in [0.05, 0.1) is 0 Å². The molecule has 1 saturated carbocycles. The molecule has 158 valence electrons. The molecule has 1 heterocycles. The van der Waals surface area contributed by atoms with Gasteiger partial charge < -0.3 is 5.32 Å². The van der Waals surface area contributed by atoms with Crippen molar-refractivity contribution >= 4 is 18.0 Å². The lowest BCUT2D eigenvalue weighted by molar-refractivity contribution is 0.0967. The first-order valence-corrected chi connectivity index (χ1v) is 10.9. The molecule has 0 spiro atoms. The Bertz CT molecular complexity index is 676. The third kappa shape index (κ3) is 5.60. The van der Waals surface area contributed by atoms with Crippen molar-refractivity contribution < 1.29 is 4.39 Å². The molecule has 1 atom stereocenters. The van der Waals surface area contributed by atoms with E-state index in [-0.39, 0.29) is 18.2 Å². The summed E-state index contributed by atoms with van der Waals surface area (Å²) in [6.45, 7) is 12.6. The van der Waals surface area contributed by atoms with E-state index in [2.05, 4.69) is 52.1 Å². The highest BCUT2D eigenvalue weighted by molar-refractivity contribution is 5.85. The molecule has 1 aromatic rings. The van der Waals surface area contributed by atoms with E-state index in [1.165, 1.54) is 36.8 Å². The molecule has 0 bridgehead atoms. The van der Waals surface area contributed by atoms with Crippen LogP contribution in [0.1, 0.15) is 96.6 Å². The predicted molar refractivity (Wildman–Crippen MR) is 122 cm³/mol. The van der Waals surface area contributed by atoms with Gasteiger partial charge in [-0.1, -0.05) is 65.7 Å². The van der Waals surface area contributed by atoms with Crippen molar-refractivity contribution in [2.75, 3.05) is 6.54 Å². The summed E-state index contributed by atoms with van der Waals surface area (Å²) < 4.78 is 15.1. The van der Waals surface area contributed by atoms with Crippen LogP contribution in [0, 0.1) is 16.6 Å². The summed E-state index contributed by atoms with van der Waals surface area (Å²) in [6.07, 6.45) is 10.4. The van der Waals surface area contributed by atoms with Gasteiger partial charge in [0.15, 0.2) is 0 Å². The van der Waals surface area contributed by atoms with E-state index in [0.717, 1.165) is 31.4 Å². The van der Waals surface area contributed by atoms with E-state index in [1.54, 1.807) is 6.07 Å². The van der Waals surface area contributed by atoms with E-state index >= 15 is 4.39 Å². The first kappa shape index (κ1) is 23.4. The molecule has 2 aliphatic rings. The first-order chi connectivity index (χ1) is 12.7. The maximum absolute atomic E-state index is 15.1. The number of halogens is 2. The summed E-state index contributed by atoms with van der Waals surface area (Å²) >= 11 is 0. The second-order valence-electron chi connectivity index (χ2n) is 10.5. The molecule has 0 saturated heterocycles. The Labute approximate surface area is 178 Å². The van der Waals surface area contributed by atoms with Crippen LogP contribution in [0.15, 0.2) is 24.3 Å². The van der Waals surface area contributed by atoms with Crippen molar-refractivity contribution in [3.8, 4) is 0 Å². The summed E-state index contributed by atoms with van der Waals surface area (Å²) in [7, 11) is 0. The molecule has 1 N–H and O–H groups in total. The first-order valence-electron chi connectivity index (χ1n) is 10.9. The summed E-state index contributed by atoms with van der Waals surface area (Å²) in [5.74, 6) is 0.412. The van der Waals surface area contributed by atoms with Crippen molar-refractivity contribution in [1.82, 2.24) is 5.32 Å². The molecule has 1 aromatic carbocycles. The zero-order chi connectivity index (χ0) is 19.7. The van der Waals surface area contributed by atoms with E-state index < -0.39 is 0 Å². The second-order valence-corrected chi connectivity index (χ2v) is 10.5. The quantitative estimate of drug-likeness (QED) is 0.532. The SMILES string of the molecule is CCCCC1CC(c2c(F)cccc2C2CC(C)(C)CC(C)(C)C2)=CCN1.Cl. The Hall–Kier alpha value is -0.860. The Morgan fingerprint density at radius 1 is 1.11 bits per heavy atom. The number of unbranched alkanes of at least 4 members (excludes halogenated alkanes) is 1. The smallest absolute Gasteiger partial charge is 0.130 e. The normalized spacial score (nSPS) is 24.4. The molecule has 1 unspecified atom stereocenters. The molecule has 28 heavy (non-hydrogen) atoms. The molecule has 0 radical (unpaired) electrons. The molecule has 3 heteroatoms. The Kier molecular flexibility index (Phi) is 7.78. The van der Waals surface area contributed by atoms with E-state index in [1.807, 2.05) is 6.07 Å². The highest BCUT2D eigenvalue weighted by Gasteiger charge is 2.40. The van der Waals surface area contributed by atoms with Crippen LogP contribution in [0.5, 0.6) is 0 Å². The van der Waals surface area contributed by atoms with Gasteiger partial charge in [0.2, 0.25) is 0 Å². The van der Waals surface area contributed by atoms with Crippen molar-refractivity contribution in [2.45, 2.75) is 91.5 Å². The molecule has 0 amide bonds. The minimum absolute atomic E-state index is 0. The van der Waals surface area contributed by atoms with Crippen LogP contribution in [0.25, 0.3) is 5.57 Å². The zero-order valence-corrected chi connectivity index (χ0v) is 19.2. The summed E-state index contributed by atoms with van der Waals surface area (Å²) in [4.78, 5) is 0. The average molecular weight is 408 g/mol. The van der Waals surface area contributed by atoms with Gasteiger partial charge in [-0.05, 0) is 66.1 Å². The van der Waals surface area contributed by atoms with Crippen LogP contribution in [0.3, 0.4) is 0 Å². The largest absolute Gasteiger partial charge is 0.310 e. The number of rotatable bonds is 5. The van der Waals surface area contributed by atoms with Gasteiger partial charge in [-0.3, -0.25) is 0 Å². The number of hydrogen-bond donors (Lipinski definition) is 1. The number of benzene rings is 1. The van der Waals surface area contributed by atoms with Gasteiger partial charge in [0.1, 0.15) is 5.82 Å². The zero-order valence-electron chi connectivity index (χ0n) is 18.4. The number of nitrogens with one attached hydrogen (secondary N) is 1. The van der Waals surface area contributed by atoms with Crippen molar-refractivity contribution in [3.63, 3.8) is 0 Å². The maximum atomic E-state index is 15.1. The van der Waals surface area contributed by atoms with E-state index in [4.69, 9.17) is 0 Å². The molecule has 3 rings (SSSR count). The van der Waals surface area contributed by atoms with Crippen molar-refractivity contribution in [2.24, 2.45) is 10.8 Å². The van der Waals surface area contributed by atoms with Gasteiger partial charge in [-0.15, -0.1) is 12.4 Å². The Morgan fingerprint density at radius 3 is 2.43 bits per heavy atom.